The summed E-state index contributed by atoms with van der Waals surface area (Å²) >= 11 is 0.703. The molecule has 2 atom stereocenters. The fourth-order valence-corrected chi connectivity index (χ4v) is 6.24. The maximum absolute atomic E-state index is 13.9. The van der Waals surface area contributed by atoms with Crippen LogP contribution in [0.5, 0.6) is 5.75 Å². The Morgan fingerprint density at radius 2 is 1.61 bits per heavy atom. The van der Waals surface area contributed by atoms with E-state index >= 15 is 0 Å². The summed E-state index contributed by atoms with van der Waals surface area (Å²) in [5, 5.41) is 2.50. The minimum atomic E-state index is -4.84. The van der Waals surface area contributed by atoms with E-state index in [1.165, 1.54) is 25.1 Å². The van der Waals surface area contributed by atoms with Crippen LogP contribution in [0.25, 0.3) is 10.1 Å². The number of carbonyl (C=O) groups excluding carboxylic acids is 2. The van der Waals surface area contributed by atoms with Gasteiger partial charge in [0.15, 0.2) is 6.61 Å². The molecule has 0 aliphatic rings. The molecular formula is C24H20F8NO6PS. The van der Waals surface area contributed by atoms with Gasteiger partial charge in [0.25, 0.3) is 7.52 Å². The number of hydrogen-bond acceptors (Lipinski definition) is 7. The second kappa shape index (κ2) is 12.8. The summed E-state index contributed by atoms with van der Waals surface area (Å²) in [5.41, 5.74) is 0.141. The average molecular weight is 633 g/mol. The summed E-state index contributed by atoms with van der Waals surface area (Å²) in [5.74, 6) is -15.9. The standard InChI is InChI=1S/C24H20F8NO6PS/c1-3-6-37-22(34)11(2)33-40(36,38-10-24(30,31)32)9-12-4-5-14-13(7-12)8-15(41-14)23(35)39-21-19(28)17(26)16(25)18(27)20(21)29/h4-5,7-8,11H,3,6,9-10H2,1-2H3,(H,33,36). The molecule has 2 unspecified atom stereocenters. The first-order valence-corrected chi connectivity index (χ1v) is 14.2. The van der Waals surface area contributed by atoms with Gasteiger partial charge in [0.05, 0.1) is 12.8 Å². The Bertz CT molecular complexity index is 1480. The van der Waals surface area contributed by atoms with Crippen LogP contribution in [0.1, 0.15) is 35.5 Å². The van der Waals surface area contributed by atoms with Crippen molar-refractivity contribution in [2.24, 2.45) is 0 Å². The molecule has 2 aromatic carbocycles. The second-order valence-corrected chi connectivity index (χ2v) is 11.8. The van der Waals surface area contributed by atoms with E-state index in [1.807, 2.05) is 0 Å². The van der Waals surface area contributed by atoms with E-state index in [0.29, 0.717) is 22.5 Å². The van der Waals surface area contributed by atoms with E-state index in [2.05, 4.69) is 14.3 Å². The van der Waals surface area contributed by atoms with Gasteiger partial charge in [-0.15, -0.1) is 11.3 Å². The van der Waals surface area contributed by atoms with Crippen molar-refractivity contribution in [3.8, 4) is 5.75 Å². The van der Waals surface area contributed by atoms with Gasteiger partial charge < -0.3 is 14.0 Å². The highest BCUT2D eigenvalue weighted by molar-refractivity contribution is 7.56. The van der Waals surface area contributed by atoms with Gasteiger partial charge >= 0.3 is 18.1 Å². The molecule has 0 aliphatic carbocycles. The SMILES string of the molecule is CCCOC(=O)C(C)NP(=O)(Cc1ccc2sc(C(=O)Oc3c(F)c(F)c(F)c(F)c3F)cc2c1)OCC(F)(F)F. The van der Waals surface area contributed by atoms with Gasteiger partial charge in [0.2, 0.25) is 34.8 Å². The number of nitrogens with one attached hydrogen (secondary N) is 1. The monoisotopic (exact) mass is 633 g/mol. The Kier molecular flexibility index (Phi) is 10.2. The van der Waals surface area contributed by atoms with Crippen LogP contribution in [0.15, 0.2) is 24.3 Å². The minimum Gasteiger partial charge on any atom is -0.465 e. The molecule has 1 aromatic heterocycles. The molecule has 0 saturated heterocycles. The predicted molar refractivity (Wildman–Crippen MR) is 130 cm³/mol. The fourth-order valence-electron chi connectivity index (χ4n) is 3.33. The molecule has 17 heteroatoms. The minimum absolute atomic E-state index is 0.0302. The molecule has 0 saturated carbocycles. The maximum atomic E-state index is 13.9. The van der Waals surface area contributed by atoms with Crippen molar-refractivity contribution in [3.63, 3.8) is 0 Å². The molecule has 1 heterocycles. The smallest absolute Gasteiger partial charge is 0.412 e. The first-order chi connectivity index (χ1) is 19.0. The summed E-state index contributed by atoms with van der Waals surface area (Å²) in [6, 6.07) is 3.85. The number of ether oxygens (including phenoxy) is 2. The third-order valence-corrected chi connectivity index (χ3v) is 8.37. The molecule has 0 aliphatic heterocycles. The predicted octanol–water partition coefficient (Wildman–Crippen LogP) is 7.02. The molecule has 0 fully saturated rings. The van der Waals surface area contributed by atoms with E-state index in [0.717, 1.165) is 6.07 Å². The molecular weight excluding hydrogens is 613 g/mol. The summed E-state index contributed by atoms with van der Waals surface area (Å²) in [4.78, 5) is 24.2. The highest BCUT2D eigenvalue weighted by Crippen LogP contribution is 2.48. The number of halogens is 8. The van der Waals surface area contributed by atoms with E-state index < -0.39 is 79.3 Å². The number of esters is 2. The quantitative estimate of drug-likeness (QED) is 0.0606. The Morgan fingerprint density at radius 3 is 2.20 bits per heavy atom. The van der Waals surface area contributed by atoms with Gasteiger partial charge in [-0.05, 0) is 42.5 Å². The van der Waals surface area contributed by atoms with Gasteiger partial charge in [-0.1, -0.05) is 13.0 Å². The zero-order valence-electron chi connectivity index (χ0n) is 21.0. The number of carbonyl (C=O) groups is 2. The van der Waals surface area contributed by atoms with Crippen LogP contribution in [0, 0.1) is 29.1 Å². The normalized spacial score (nSPS) is 14.1. The summed E-state index contributed by atoms with van der Waals surface area (Å²) < 4.78 is 134. The molecule has 224 valence electrons. The topological polar surface area (TPSA) is 90.9 Å². The molecule has 0 radical (unpaired) electrons. The second-order valence-electron chi connectivity index (χ2n) is 8.51. The summed E-state index contributed by atoms with van der Waals surface area (Å²) in [7, 11) is -4.38. The molecule has 0 amide bonds. The largest absolute Gasteiger partial charge is 0.465 e. The lowest BCUT2D eigenvalue weighted by Crippen LogP contribution is -2.35. The Hall–Kier alpha value is -3.07. The first-order valence-electron chi connectivity index (χ1n) is 11.6. The zero-order valence-corrected chi connectivity index (χ0v) is 22.8. The van der Waals surface area contributed by atoms with Crippen molar-refractivity contribution in [3.05, 3.63) is 63.8 Å². The number of fused-ring (bicyclic) bond motifs is 1. The number of alkyl halides is 3. The molecule has 1 N–H and O–H groups in total. The van der Waals surface area contributed by atoms with Crippen LogP contribution >= 0.6 is 18.9 Å². The molecule has 0 bridgehead atoms. The third-order valence-electron chi connectivity index (χ3n) is 5.17. The van der Waals surface area contributed by atoms with Crippen molar-refractivity contribution >= 4 is 40.9 Å². The van der Waals surface area contributed by atoms with Gasteiger partial charge in [-0.2, -0.15) is 22.0 Å². The third kappa shape index (κ3) is 8.03. The van der Waals surface area contributed by atoms with Crippen LogP contribution in [0.3, 0.4) is 0 Å². The van der Waals surface area contributed by atoms with Gasteiger partial charge in [-0.3, -0.25) is 9.36 Å². The van der Waals surface area contributed by atoms with Crippen LogP contribution < -0.4 is 9.82 Å². The number of benzene rings is 2. The van der Waals surface area contributed by atoms with E-state index in [1.54, 1.807) is 6.92 Å². The molecule has 41 heavy (non-hydrogen) atoms. The van der Waals surface area contributed by atoms with Gasteiger partial charge in [0.1, 0.15) is 10.9 Å². The Morgan fingerprint density at radius 1 is 1.00 bits per heavy atom. The Labute approximate surface area is 230 Å². The number of hydrogen-bond donors (Lipinski definition) is 1. The number of thiophene rings is 1. The summed E-state index contributed by atoms with van der Waals surface area (Å²) in [6.07, 6.45) is -5.01. The van der Waals surface area contributed by atoms with Crippen molar-refractivity contribution < 1.29 is 63.3 Å². The van der Waals surface area contributed by atoms with E-state index in [4.69, 9.17) is 4.74 Å². The van der Waals surface area contributed by atoms with Crippen LogP contribution in [-0.4, -0.2) is 37.4 Å². The van der Waals surface area contributed by atoms with E-state index in [9.17, 15) is 49.3 Å². The summed E-state index contributed by atoms with van der Waals surface area (Å²) in [6.45, 7) is 1.09. The number of rotatable bonds is 11. The van der Waals surface area contributed by atoms with Crippen LogP contribution in [-0.2, 0) is 24.8 Å². The first kappa shape index (κ1) is 32.4. The van der Waals surface area contributed by atoms with Crippen molar-refractivity contribution in [1.82, 2.24) is 5.09 Å². The lowest BCUT2D eigenvalue weighted by atomic mass is 10.2. The molecule has 7 nitrogen and oxygen atoms in total. The molecule has 0 spiro atoms. The lowest BCUT2D eigenvalue weighted by molar-refractivity contribution is -0.153. The lowest BCUT2D eigenvalue weighted by Gasteiger charge is -2.23. The highest BCUT2D eigenvalue weighted by atomic mass is 32.1. The van der Waals surface area contributed by atoms with E-state index in [-0.39, 0.29) is 22.4 Å². The van der Waals surface area contributed by atoms with Crippen LogP contribution in [0.4, 0.5) is 35.1 Å². The van der Waals surface area contributed by atoms with Crippen molar-refractivity contribution in [2.45, 2.75) is 38.6 Å². The van der Waals surface area contributed by atoms with Crippen molar-refractivity contribution in [2.75, 3.05) is 13.2 Å². The van der Waals surface area contributed by atoms with Crippen LogP contribution in [0.2, 0.25) is 0 Å². The van der Waals surface area contributed by atoms with Gasteiger partial charge in [0, 0.05) is 4.70 Å². The molecule has 3 rings (SSSR count). The molecule has 3 aromatic rings. The highest BCUT2D eigenvalue weighted by Gasteiger charge is 2.36. The van der Waals surface area contributed by atoms with Crippen molar-refractivity contribution in [1.29, 1.82) is 0 Å². The Balaban J connectivity index is 1.86. The average Bonchev–Trinajstić information content (AvgIpc) is 3.34. The zero-order chi connectivity index (χ0) is 30.7. The van der Waals surface area contributed by atoms with Gasteiger partial charge in [-0.25, -0.2) is 23.1 Å². The maximum Gasteiger partial charge on any atom is 0.412 e. The fraction of sp³-hybridized carbons (Fsp3) is 0.333.